The number of carbonyl (C=O) groups is 1. The molecule has 1 amide bonds. The Morgan fingerprint density at radius 2 is 2.17 bits per heavy atom. The molecule has 1 saturated heterocycles. The van der Waals surface area contributed by atoms with Gasteiger partial charge in [-0.05, 0) is 6.07 Å². The number of rotatable bonds is 4. The van der Waals surface area contributed by atoms with Crippen LogP contribution in [0.1, 0.15) is 0 Å². The summed E-state index contributed by atoms with van der Waals surface area (Å²) in [7, 11) is -3.26. The van der Waals surface area contributed by atoms with Crippen molar-refractivity contribution < 1.29 is 18.1 Å². The summed E-state index contributed by atoms with van der Waals surface area (Å²) in [4.78, 5) is 26.5. The highest BCUT2D eigenvalue weighted by Crippen LogP contribution is 2.30. The van der Waals surface area contributed by atoms with Gasteiger partial charge in [-0.1, -0.05) is 11.3 Å². The van der Waals surface area contributed by atoms with Crippen LogP contribution in [0.3, 0.4) is 0 Å². The van der Waals surface area contributed by atoms with E-state index >= 15 is 0 Å². The first-order valence-corrected chi connectivity index (χ1v) is 9.21. The molecule has 2 heterocycles. The molecular weight excluding hydrogens is 344 g/mol. The molecule has 1 aromatic carbocycles. The molecule has 0 spiro atoms. The smallest absolute Gasteiger partial charge is 0.270 e. The average molecular weight is 356 g/mol. The van der Waals surface area contributed by atoms with Gasteiger partial charge >= 0.3 is 0 Å². The molecule has 9 nitrogen and oxygen atoms in total. The Labute approximate surface area is 135 Å². The minimum Gasteiger partial charge on any atom is -0.302 e. The van der Waals surface area contributed by atoms with Gasteiger partial charge in [0.1, 0.15) is 0 Å². The second-order valence-electron chi connectivity index (χ2n) is 5.19. The first kappa shape index (κ1) is 15.8. The number of hydrogen-bond acceptors (Lipinski definition) is 7. The third-order valence-electron chi connectivity index (χ3n) is 3.50. The molecule has 3 rings (SSSR count). The highest BCUT2D eigenvalue weighted by Gasteiger charge is 2.37. The van der Waals surface area contributed by atoms with Crippen LogP contribution in [0.4, 0.5) is 10.8 Å². The number of nitrogens with one attached hydrogen (secondary N) is 1. The van der Waals surface area contributed by atoms with Gasteiger partial charge in [0.15, 0.2) is 5.13 Å². The van der Waals surface area contributed by atoms with Crippen LogP contribution in [0.15, 0.2) is 18.2 Å². The van der Waals surface area contributed by atoms with E-state index < -0.39 is 20.9 Å². The van der Waals surface area contributed by atoms with Gasteiger partial charge in [0.25, 0.3) is 5.69 Å². The molecule has 0 radical (unpaired) electrons. The van der Waals surface area contributed by atoms with Crippen molar-refractivity contribution in [1.29, 1.82) is 0 Å². The number of hydrogen-bond donors (Lipinski definition) is 1. The Balaban J connectivity index is 1.70. The quantitative estimate of drug-likeness (QED) is 0.645. The minimum atomic E-state index is -3.26. The number of nitrogens with zero attached hydrogens (tertiary/aromatic N) is 3. The van der Waals surface area contributed by atoms with Gasteiger partial charge in [0.2, 0.25) is 15.9 Å². The topological polar surface area (TPSA) is 123 Å². The minimum absolute atomic E-state index is 0.0400. The van der Waals surface area contributed by atoms with Gasteiger partial charge in [0.05, 0.1) is 27.3 Å². The van der Waals surface area contributed by atoms with E-state index in [0.29, 0.717) is 15.3 Å². The van der Waals surface area contributed by atoms with E-state index in [1.807, 2.05) is 0 Å². The van der Waals surface area contributed by atoms with Crippen molar-refractivity contribution in [2.45, 2.75) is 0 Å². The number of thiazole rings is 1. The molecule has 122 valence electrons. The first-order chi connectivity index (χ1) is 10.7. The summed E-state index contributed by atoms with van der Waals surface area (Å²) in [6.45, 7) is 0.308. The van der Waals surface area contributed by atoms with Crippen molar-refractivity contribution in [3.63, 3.8) is 0 Å². The first-order valence-electron chi connectivity index (χ1n) is 6.55. The zero-order valence-corrected chi connectivity index (χ0v) is 13.6. The van der Waals surface area contributed by atoms with Crippen molar-refractivity contribution >= 4 is 48.3 Å². The van der Waals surface area contributed by atoms with Crippen molar-refractivity contribution in [1.82, 2.24) is 9.29 Å². The summed E-state index contributed by atoms with van der Waals surface area (Å²) < 4.78 is 24.4. The normalized spacial score (nSPS) is 16.2. The predicted molar refractivity (Wildman–Crippen MR) is 84.8 cm³/mol. The maximum atomic E-state index is 12.0. The number of anilines is 1. The van der Waals surface area contributed by atoms with Crippen molar-refractivity contribution in [3.05, 3.63) is 28.3 Å². The number of nitro benzene ring substituents is 1. The van der Waals surface area contributed by atoms with E-state index in [9.17, 15) is 23.3 Å². The fourth-order valence-corrected chi connectivity index (χ4v) is 3.97. The zero-order valence-electron chi connectivity index (χ0n) is 11.9. The predicted octanol–water partition coefficient (Wildman–Crippen LogP) is 1.03. The number of benzene rings is 1. The lowest BCUT2D eigenvalue weighted by molar-refractivity contribution is -0.384. The van der Waals surface area contributed by atoms with Crippen LogP contribution in [-0.2, 0) is 14.8 Å². The van der Waals surface area contributed by atoms with Crippen molar-refractivity contribution in [2.24, 2.45) is 5.92 Å². The zero-order chi connectivity index (χ0) is 16.8. The third kappa shape index (κ3) is 3.16. The molecule has 1 fully saturated rings. The maximum absolute atomic E-state index is 12.0. The lowest BCUT2D eigenvalue weighted by atomic mass is 10.0. The maximum Gasteiger partial charge on any atom is 0.270 e. The van der Waals surface area contributed by atoms with E-state index in [1.54, 1.807) is 0 Å². The molecule has 1 aliphatic heterocycles. The lowest BCUT2D eigenvalue weighted by Gasteiger charge is -2.35. The molecule has 0 aliphatic carbocycles. The highest BCUT2D eigenvalue weighted by atomic mass is 32.2. The Kier molecular flexibility index (Phi) is 3.78. The van der Waals surface area contributed by atoms with Crippen molar-refractivity contribution in [3.8, 4) is 0 Å². The summed E-state index contributed by atoms with van der Waals surface area (Å²) in [5, 5.41) is 13.7. The Bertz CT molecular complexity index is 901. The lowest BCUT2D eigenvalue weighted by Crippen LogP contribution is -2.53. The monoisotopic (exact) mass is 356 g/mol. The summed E-state index contributed by atoms with van der Waals surface area (Å²) in [6, 6.07) is 4.27. The number of amides is 1. The van der Waals surface area contributed by atoms with E-state index in [4.69, 9.17) is 0 Å². The van der Waals surface area contributed by atoms with Crippen LogP contribution < -0.4 is 5.32 Å². The number of fused-ring (bicyclic) bond motifs is 1. The van der Waals surface area contributed by atoms with Crippen LogP contribution in [0.2, 0.25) is 0 Å². The molecule has 2 aromatic rings. The molecule has 0 unspecified atom stereocenters. The number of non-ortho nitro benzene ring substituents is 1. The van der Waals surface area contributed by atoms with E-state index in [0.717, 1.165) is 17.6 Å². The number of nitro groups is 1. The van der Waals surface area contributed by atoms with Gasteiger partial charge in [-0.2, -0.15) is 0 Å². The second kappa shape index (κ2) is 5.51. The van der Waals surface area contributed by atoms with E-state index in [2.05, 4.69) is 10.3 Å². The molecule has 0 atom stereocenters. The van der Waals surface area contributed by atoms with Crippen LogP contribution in [0, 0.1) is 16.0 Å². The molecule has 0 saturated carbocycles. The number of carbonyl (C=O) groups excluding carboxylic acids is 1. The van der Waals surface area contributed by atoms with Crippen LogP contribution in [0.5, 0.6) is 0 Å². The van der Waals surface area contributed by atoms with Gasteiger partial charge in [-0.25, -0.2) is 17.7 Å². The largest absolute Gasteiger partial charge is 0.302 e. The Hall–Kier alpha value is -2.11. The van der Waals surface area contributed by atoms with E-state index in [1.165, 1.54) is 22.5 Å². The fraction of sp³-hybridized carbons (Fsp3) is 0.333. The number of sulfonamides is 1. The van der Waals surface area contributed by atoms with Gasteiger partial charge in [0, 0.05) is 25.2 Å². The number of aromatic nitrogens is 1. The summed E-state index contributed by atoms with van der Waals surface area (Å²) in [6.07, 6.45) is 1.10. The molecule has 0 bridgehead atoms. The fourth-order valence-electron chi connectivity index (χ4n) is 2.16. The summed E-state index contributed by atoms with van der Waals surface area (Å²) >= 11 is 1.14. The molecule has 1 aromatic heterocycles. The van der Waals surface area contributed by atoms with Gasteiger partial charge in [-0.15, -0.1) is 0 Å². The van der Waals surface area contributed by atoms with Gasteiger partial charge < -0.3 is 5.32 Å². The SMILES string of the molecule is CS(=O)(=O)N1CC(C(=O)Nc2nc3ccc([N+](=O)[O-])cc3s2)C1. The summed E-state index contributed by atoms with van der Waals surface area (Å²) in [5.41, 5.74) is 0.518. The second-order valence-corrected chi connectivity index (χ2v) is 8.21. The van der Waals surface area contributed by atoms with Crippen LogP contribution in [-0.4, -0.2) is 47.9 Å². The van der Waals surface area contributed by atoms with Crippen molar-refractivity contribution in [2.75, 3.05) is 24.7 Å². The Morgan fingerprint density at radius 3 is 2.78 bits per heavy atom. The molecule has 1 aliphatic rings. The standard InChI is InChI=1S/C12H12N4O5S2/c1-23(20,21)15-5-7(6-15)11(17)14-12-13-9-3-2-8(16(18)19)4-10(9)22-12/h2-4,7H,5-6H2,1H3,(H,13,14,17). The summed E-state index contributed by atoms with van der Waals surface area (Å²) in [5.74, 6) is -0.718. The van der Waals surface area contributed by atoms with Gasteiger partial charge in [-0.3, -0.25) is 14.9 Å². The molecular formula is C12H12N4O5S2. The third-order valence-corrected chi connectivity index (χ3v) is 5.67. The Morgan fingerprint density at radius 1 is 1.48 bits per heavy atom. The molecule has 11 heteroatoms. The van der Waals surface area contributed by atoms with Crippen LogP contribution in [0.25, 0.3) is 10.2 Å². The highest BCUT2D eigenvalue weighted by molar-refractivity contribution is 7.88. The van der Waals surface area contributed by atoms with Crippen LogP contribution >= 0.6 is 11.3 Å². The molecule has 1 N–H and O–H groups in total. The van der Waals surface area contributed by atoms with E-state index in [-0.39, 0.29) is 24.7 Å². The average Bonchev–Trinajstić information content (AvgIpc) is 2.75. The molecule has 23 heavy (non-hydrogen) atoms.